The summed E-state index contributed by atoms with van der Waals surface area (Å²) in [5, 5.41) is 16.6. The summed E-state index contributed by atoms with van der Waals surface area (Å²) in [7, 11) is 0. The molecule has 1 aromatic heterocycles. The summed E-state index contributed by atoms with van der Waals surface area (Å²) < 4.78 is 15.2. The molecule has 0 aliphatic rings. The molecule has 2 aromatic rings. The van der Waals surface area contributed by atoms with Crippen molar-refractivity contribution in [2.24, 2.45) is 10.9 Å². The lowest BCUT2D eigenvalue weighted by Gasteiger charge is -2.08. The highest BCUT2D eigenvalue weighted by Crippen LogP contribution is 2.22. The zero-order valence-electron chi connectivity index (χ0n) is 10.4. The van der Waals surface area contributed by atoms with Crippen LogP contribution in [0.15, 0.2) is 39.3 Å². The second kappa shape index (κ2) is 6.83. The van der Waals surface area contributed by atoms with Crippen molar-refractivity contribution < 1.29 is 9.60 Å². The monoisotopic (exact) mass is 357 g/mol. The van der Waals surface area contributed by atoms with E-state index in [9.17, 15) is 4.39 Å². The molecule has 20 heavy (non-hydrogen) atoms. The van der Waals surface area contributed by atoms with Gasteiger partial charge < -0.3 is 16.3 Å². The SMILES string of the molecule is N/C(=N/O)c1cccc(CNCc2sccc2Br)c1F. The lowest BCUT2D eigenvalue weighted by molar-refractivity contribution is 0.318. The highest BCUT2D eigenvalue weighted by atomic mass is 79.9. The molecule has 1 aromatic carbocycles. The Labute approximate surface area is 128 Å². The molecule has 0 amide bonds. The van der Waals surface area contributed by atoms with Crippen molar-refractivity contribution in [1.82, 2.24) is 5.32 Å². The maximum atomic E-state index is 14.1. The van der Waals surface area contributed by atoms with Crippen molar-refractivity contribution in [2.75, 3.05) is 0 Å². The number of halogens is 2. The van der Waals surface area contributed by atoms with Crippen molar-refractivity contribution in [3.8, 4) is 0 Å². The molecule has 0 radical (unpaired) electrons. The van der Waals surface area contributed by atoms with E-state index >= 15 is 0 Å². The molecule has 0 saturated heterocycles. The van der Waals surface area contributed by atoms with Crippen molar-refractivity contribution in [3.05, 3.63) is 55.9 Å². The standard InChI is InChI=1S/C13H13BrFN3OS/c14-10-4-5-20-11(10)7-17-6-8-2-1-3-9(12(8)15)13(16)18-19/h1-5,17,19H,6-7H2,(H2,16,18). The summed E-state index contributed by atoms with van der Waals surface area (Å²) in [5.41, 5.74) is 6.00. The fraction of sp³-hybridized carbons (Fsp3) is 0.154. The quantitative estimate of drug-likeness (QED) is 0.333. The van der Waals surface area contributed by atoms with Crippen molar-refractivity contribution in [1.29, 1.82) is 0 Å². The van der Waals surface area contributed by atoms with E-state index in [0.29, 0.717) is 18.7 Å². The van der Waals surface area contributed by atoms with Gasteiger partial charge in [-0.25, -0.2) is 4.39 Å². The van der Waals surface area contributed by atoms with Gasteiger partial charge in [0, 0.05) is 28.0 Å². The van der Waals surface area contributed by atoms with E-state index in [0.717, 1.165) is 9.35 Å². The number of thiophene rings is 1. The highest BCUT2D eigenvalue weighted by Gasteiger charge is 2.11. The van der Waals surface area contributed by atoms with Gasteiger partial charge in [-0.3, -0.25) is 0 Å². The Morgan fingerprint density at radius 3 is 2.85 bits per heavy atom. The number of nitrogens with zero attached hydrogens (tertiary/aromatic N) is 1. The zero-order valence-corrected chi connectivity index (χ0v) is 12.8. The molecule has 0 aliphatic heterocycles. The normalized spacial score (nSPS) is 11.8. The summed E-state index contributed by atoms with van der Waals surface area (Å²) in [6.45, 7) is 1.01. The molecule has 0 atom stereocenters. The fourth-order valence-electron chi connectivity index (χ4n) is 1.73. The van der Waals surface area contributed by atoms with Crippen LogP contribution in [0.4, 0.5) is 4.39 Å². The van der Waals surface area contributed by atoms with Gasteiger partial charge in [0.2, 0.25) is 0 Å². The number of benzene rings is 1. The van der Waals surface area contributed by atoms with Crippen LogP contribution in [0.25, 0.3) is 0 Å². The summed E-state index contributed by atoms with van der Waals surface area (Å²) >= 11 is 5.07. The van der Waals surface area contributed by atoms with Gasteiger partial charge in [-0.15, -0.1) is 11.3 Å². The summed E-state index contributed by atoms with van der Waals surface area (Å²) in [6, 6.07) is 6.79. The molecule has 4 N–H and O–H groups in total. The van der Waals surface area contributed by atoms with Gasteiger partial charge in [0.05, 0.1) is 5.56 Å². The predicted octanol–water partition coefficient (Wildman–Crippen LogP) is 3.03. The number of hydrogen-bond acceptors (Lipinski definition) is 4. The van der Waals surface area contributed by atoms with E-state index < -0.39 is 5.82 Å². The second-order valence-corrected chi connectivity index (χ2v) is 5.91. The minimum absolute atomic E-state index is 0.101. The second-order valence-electron chi connectivity index (χ2n) is 4.06. The third-order valence-corrected chi connectivity index (χ3v) is 4.68. The molecule has 106 valence electrons. The first-order chi connectivity index (χ1) is 9.63. The number of nitrogens with one attached hydrogen (secondary N) is 1. The van der Waals surface area contributed by atoms with E-state index in [2.05, 4.69) is 26.4 Å². The molecule has 4 nitrogen and oxygen atoms in total. The first-order valence-corrected chi connectivity index (χ1v) is 7.48. The van der Waals surface area contributed by atoms with Crippen molar-refractivity contribution in [3.63, 3.8) is 0 Å². The van der Waals surface area contributed by atoms with E-state index in [4.69, 9.17) is 10.9 Å². The van der Waals surface area contributed by atoms with Gasteiger partial charge in [0.1, 0.15) is 5.82 Å². The van der Waals surface area contributed by atoms with Crippen LogP contribution >= 0.6 is 27.3 Å². The Morgan fingerprint density at radius 1 is 1.40 bits per heavy atom. The maximum absolute atomic E-state index is 14.1. The molecule has 0 saturated carbocycles. The number of oxime groups is 1. The molecule has 2 rings (SSSR count). The molecule has 1 heterocycles. The Morgan fingerprint density at radius 2 is 2.20 bits per heavy atom. The van der Waals surface area contributed by atoms with Crippen LogP contribution in [-0.4, -0.2) is 11.0 Å². The van der Waals surface area contributed by atoms with Gasteiger partial charge >= 0.3 is 0 Å². The molecule has 0 aliphatic carbocycles. The van der Waals surface area contributed by atoms with E-state index in [-0.39, 0.29) is 11.4 Å². The largest absolute Gasteiger partial charge is 0.409 e. The Kier molecular flexibility index (Phi) is 5.11. The third kappa shape index (κ3) is 3.36. The van der Waals surface area contributed by atoms with Crippen LogP contribution in [0.2, 0.25) is 0 Å². The number of nitrogens with two attached hydrogens (primary N) is 1. The third-order valence-electron chi connectivity index (χ3n) is 2.75. The van der Waals surface area contributed by atoms with Crippen LogP contribution in [0.3, 0.4) is 0 Å². The van der Waals surface area contributed by atoms with Gasteiger partial charge in [0.25, 0.3) is 0 Å². The summed E-state index contributed by atoms with van der Waals surface area (Å²) in [6.07, 6.45) is 0. The molecular weight excluding hydrogens is 345 g/mol. The average Bonchev–Trinajstić information content (AvgIpc) is 2.85. The van der Waals surface area contributed by atoms with Gasteiger partial charge in [0.15, 0.2) is 5.84 Å². The lowest BCUT2D eigenvalue weighted by atomic mass is 10.1. The van der Waals surface area contributed by atoms with Crippen LogP contribution in [0, 0.1) is 5.82 Å². The first-order valence-electron chi connectivity index (χ1n) is 5.81. The first kappa shape index (κ1) is 15.0. The van der Waals surface area contributed by atoms with Gasteiger partial charge in [-0.2, -0.15) is 0 Å². The minimum Gasteiger partial charge on any atom is -0.409 e. The van der Waals surface area contributed by atoms with E-state index in [1.165, 1.54) is 6.07 Å². The Bertz CT molecular complexity index is 630. The van der Waals surface area contributed by atoms with Crippen LogP contribution in [-0.2, 0) is 13.1 Å². The topological polar surface area (TPSA) is 70.6 Å². The van der Waals surface area contributed by atoms with Gasteiger partial charge in [-0.1, -0.05) is 17.3 Å². The number of amidine groups is 1. The minimum atomic E-state index is -0.472. The van der Waals surface area contributed by atoms with Gasteiger partial charge in [-0.05, 0) is 33.4 Å². The van der Waals surface area contributed by atoms with Crippen molar-refractivity contribution in [2.45, 2.75) is 13.1 Å². The molecule has 0 spiro atoms. The highest BCUT2D eigenvalue weighted by molar-refractivity contribution is 9.10. The Balaban J connectivity index is 2.05. The maximum Gasteiger partial charge on any atom is 0.173 e. The van der Waals surface area contributed by atoms with Crippen LogP contribution in [0.1, 0.15) is 16.0 Å². The van der Waals surface area contributed by atoms with Crippen LogP contribution in [0.5, 0.6) is 0 Å². The number of rotatable bonds is 5. The fourth-order valence-corrected chi connectivity index (χ4v) is 3.19. The molecule has 7 heteroatoms. The number of hydrogen-bond donors (Lipinski definition) is 3. The van der Waals surface area contributed by atoms with E-state index in [1.54, 1.807) is 23.5 Å². The lowest BCUT2D eigenvalue weighted by Crippen LogP contribution is -2.18. The molecule has 0 fully saturated rings. The van der Waals surface area contributed by atoms with Crippen molar-refractivity contribution >= 4 is 33.1 Å². The molecular formula is C13H13BrFN3OS. The summed E-state index contributed by atoms with van der Waals surface area (Å²) in [4.78, 5) is 1.15. The summed E-state index contributed by atoms with van der Waals surface area (Å²) in [5.74, 6) is -0.703. The molecule has 0 bridgehead atoms. The zero-order chi connectivity index (χ0) is 14.5. The van der Waals surface area contributed by atoms with E-state index in [1.807, 2.05) is 11.4 Å². The smallest absolute Gasteiger partial charge is 0.173 e. The Hall–Kier alpha value is -1.44. The molecule has 0 unspecified atom stereocenters. The average molecular weight is 358 g/mol. The van der Waals surface area contributed by atoms with Crippen LogP contribution < -0.4 is 11.1 Å². The predicted molar refractivity (Wildman–Crippen MR) is 81.5 cm³/mol.